The van der Waals surface area contributed by atoms with E-state index < -0.39 is 6.10 Å². The number of rotatable bonds is 24. The minimum atomic E-state index is -0.993. The Hall–Kier alpha value is -2.18. The number of aliphatic hydroxyl groups is 2. The van der Waals surface area contributed by atoms with Crippen molar-refractivity contribution >= 4 is 11.9 Å². The molecule has 2 N–H and O–H groups in total. The summed E-state index contributed by atoms with van der Waals surface area (Å²) >= 11 is 0. The van der Waals surface area contributed by atoms with Gasteiger partial charge < -0.3 is 19.7 Å². The number of hydrogen-bond donors (Lipinski definition) is 2. The highest BCUT2D eigenvalue weighted by molar-refractivity contribution is 5.69. The Bertz CT molecular complexity index is 665. The van der Waals surface area contributed by atoms with Crippen molar-refractivity contribution < 1.29 is 29.3 Å². The summed E-state index contributed by atoms with van der Waals surface area (Å²) in [6.07, 6.45) is 28.0. The third-order valence-corrected chi connectivity index (χ3v) is 5.67. The lowest BCUT2D eigenvalue weighted by Gasteiger charge is -2.12. The van der Waals surface area contributed by atoms with Gasteiger partial charge in [0.1, 0.15) is 19.3 Å². The third-order valence-electron chi connectivity index (χ3n) is 5.67. The van der Waals surface area contributed by atoms with Gasteiger partial charge in [-0.3, -0.25) is 9.59 Å². The van der Waals surface area contributed by atoms with Gasteiger partial charge in [0.05, 0.1) is 6.10 Å². The fourth-order valence-electron chi connectivity index (χ4n) is 3.42. The number of esters is 2. The van der Waals surface area contributed by atoms with Gasteiger partial charge in [-0.15, -0.1) is 0 Å². The Morgan fingerprint density at radius 3 is 1.92 bits per heavy atom. The molecule has 0 fully saturated rings. The van der Waals surface area contributed by atoms with Crippen LogP contribution in [0.2, 0.25) is 0 Å². The van der Waals surface area contributed by atoms with Crippen LogP contribution >= 0.6 is 0 Å². The molecule has 0 aromatic rings. The number of carbonyl (C=O) groups excluding carboxylic acids is 2. The number of allylic oxidation sites excluding steroid dienone is 7. The molecule has 0 aliphatic rings. The quantitative estimate of drug-likeness (QED) is 0.0622. The van der Waals surface area contributed by atoms with E-state index in [0.717, 1.165) is 64.2 Å². The van der Waals surface area contributed by atoms with Crippen molar-refractivity contribution in [3.05, 3.63) is 48.6 Å². The van der Waals surface area contributed by atoms with E-state index in [1.165, 1.54) is 12.8 Å². The maximum absolute atomic E-state index is 11.8. The van der Waals surface area contributed by atoms with Crippen molar-refractivity contribution in [1.29, 1.82) is 0 Å². The van der Waals surface area contributed by atoms with Gasteiger partial charge in [-0.05, 0) is 38.5 Å². The van der Waals surface area contributed by atoms with Crippen molar-refractivity contribution in [3.63, 3.8) is 0 Å². The van der Waals surface area contributed by atoms with E-state index in [1.807, 2.05) is 24.3 Å². The molecule has 0 aliphatic heterocycles. The van der Waals surface area contributed by atoms with Crippen LogP contribution in [0.3, 0.4) is 0 Å². The fraction of sp³-hybridized carbons (Fsp3) is 0.677. The molecule has 6 nitrogen and oxygen atoms in total. The van der Waals surface area contributed by atoms with Crippen LogP contribution in [-0.2, 0) is 19.1 Å². The minimum absolute atomic E-state index is 0.147. The molecule has 0 rings (SSSR count). The molecule has 0 bridgehead atoms. The van der Waals surface area contributed by atoms with Crippen molar-refractivity contribution in [2.75, 3.05) is 13.2 Å². The van der Waals surface area contributed by atoms with Gasteiger partial charge in [-0.1, -0.05) is 107 Å². The zero-order chi connectivity index (χ0) is 27.4. The maximum atomic E-state index is 11.8. The van der Waals surface area contributed by atoms with Gasteiger partial charge in [0, 0.05) is 12.8 Å². The first-order valence-corrected chi connectivity index (χ1v) is 14.3. The standard InChI is InChI=1S/C31H52O6/c1-3-5-7-15-20-24-30(34)36-26-29(33)27-37-31(35)25-21-17-14-12-10-8-9-11-13-16-19-23-28(32)22-18-6-4-2/h8-9,12-14,16,19,23,28-29,32-33H,3-7,10-11,15,17-18,20-22,24-27H2,1-2H3/b9-8-,14-12-,16-13-,23-19+/t28-,29-/m1/s1. The third kappa shape index (κ3) is 26.7. The number of hydrogen-bond acceptors (Lipinski definition) is 6. The van der Waals surface area contributed by atoms with Gasteiger partial charge in [-0.25, -0.2) is 0 Å². The summed E-state index contributed by atoms with van der Waals surface area (Å²) in [6.45, 7) is 3.99. The number of aliphatic hydroxyl groups excluding tert-OH is 2. The second-order valence-electron chi connectivity index (χ2n) is 9.37. The fourth-order valence-corrected chi connectivity index (χ4v) is 3.42. The van der Waals surface area contributed by atoms with Crippen LogP contribution in [0.25, 0.3) is 0 Å². The zero-order valence-electron chi connectivity index (χ0n) is 23.3. The molecule has 0 heterocycles. The van der Waals surface area contributed by atoms with Crippen molar-refractivity contribution in [2.24, 2.45) is 0 Å². The molecule has 0 aromatic heterocycles. The van der Waals surface area contributed by atoms with Gasteiger partial charge in [0.15, 0.2) is 0 Å². The molecule has 0 saturated carbocycles. The van der Waals surface area contributed by atoms with Crippen LogP contribution in [0.1, 0.15) is 110 Å². The van der Waals surface area contributed by atoms with E-state index in [1.54, 1.807) is 0 Å². The summed E-state index contributed by atoms with van der Waals surface area (Å²) in [6, 6.07) is 0. The predicted octanol–water partition coefficient (Wildman–Crippen LogP) is 6.91. The lowest BCUT2D eigenvalue weighted by Crippen LogP contribution is -2.25. The maximum Gasteiger partial charge on any atom is 0.305 e. The Morgan fingerprint density at radius 1 is 0.676 bits per heavy atom. The van der Waals surface area contributed by atoms with Crippen LogP contribution in [-0.4, -0.2) is 47.6 Å². The van der Waals surface area contributed by atoms with E-state index in [4.69, 9.17) is 9.47 Å². The van der Waals surface area contributed by atoms with Crippen LogP contribution in [0.4, 0.5) is 0 Å². The number of ether oxygens (including phenoxy) is 2. The lowest BCUT2D eigenvalue weighted by atomic mass is 10.1. The Balaban J connectivity index is 3.68. The molecule has 0 aliphatic carbocycles. The Kier molecular flexibility index (Phi) is 25.3. The Labute approximate surface area is 225 Å². The molecule has 0 spiro atoms. The Morgan fingerprint density at radius 2 is 1.24 bits per heavy atom. The normalized spacial score (nSPS) is 13.7. The van der Waals surface area contributed by atoms with E-state index in [9.17, 15) is 19.8 Å². The van der Waals surface area contributed by atoms with Crippen LogP contribution in [0.5, 0.6) is 0 Å². The molecule has 212 valence electrons. The summed E-state index contributed by atoms with van der Waals surface area (Å²) in [5.74, 6) is -0.676. The first-order valence-electron chi connectivity index (χ1n) is 14.3. The SMILES string of the molecule is CCCCCCCC(=O)OC[C@@H](O)COC(=O)CCC/C=C\C/C=C\C/C=C\C=C\[C@H](O)CCCCC. The lowest BCUT2D eigenvalue weighted by molar-refractivity contribution is -0.152. The highest BCUT2D eigenvalue weighted by Gasteiger charge is 2.11. The minimum Gasteiger partial charge on any atom is -0.463 e. The second kappa shape index (κ2) is 26.9. The molecule has 0 aromatic carbocycles. The number of carbonyl (C=O) groups is 2. The van der Waals surface area contributed by atoms with E-state index in [-0.39, 0.29) is 37.7 Å². The highest BCUT2D eigenvalue weighted by atomic mass is 16.6. The number of unbranched alkanes of at least 4 members (excludes halogenated alkanes) is 7. The molecule has 0 radical (unpaired) electrons. The first kappa shape index (κ1) is 34.8. The molecule has 2 atom stereocenters. The first-order chi connectivity index (χ1) is 18.0. The van der Waals surface area contributed by atoms with Crippen LogP contribution in [0, 0.1) is 0 Å². The van der Waals surface area contributed by atoms with Gasteiger partial charge in [0.25, 0.3) is 0 Å². The van der Waals surface area contributed by atoms with Crippen molar-refractivity contribution in [1.82, 2.24) is 0 Å². The van der Waals surface area contributed by atoms with Crippen LogP contribution < -0.4 is 0 Å². The van der Waals surface area contributed by atoms with E-state index >= 15 is 0 Å². The van der Waals surface area contributed by atoms with Gasteiger partial charge >= 0.3 is 11.9 Å². The smallest absolute Gasteiger partial charge is 0.305 e. The molecular formula is C31H52O6. The molecule has 0 amide bonds. The molecule has 6 heteroatoms. The molecule has 0 unspecified atom stereocenters. The van der Waals surface area contributed by atoms with Gasteiger partial charge in [0.2, 0.25) is 0 Å². The molecule has 0 saturated heterocycles. The average molecular weight is 521 g/mol. The monoisotopic (exact) mass is 520 g/mol. The van der Waals surface area contributed by atoms with E-state index in [0.29, 0.717) is 12.8 Å². The highest BCUT2D eigenvalue weighted by Crippen LogP contribution is 2.07. The second-order valence-corrected chi connectivity index (χ2v) is 9.37. The van der Waals surface area contributed by atoms with Crippen LogP contribution in [0.15, 0.2) is 48.6 Å². The summed E-state index contributed by atoms with van der Waals surface area (Å²) < 4.78 is 10.1. The van der Waals surface area contributed by atoms with E-state index in [2.05, 4.69) is 38.2 Å². The average Bonchev–Trinajstić information content (AvgIpc) is 2.88. The predicted molar refractivity (Wildman–Crippen MR) is 151 cm³/mol. The zero-order valence-corrected chi connectivity index (χ0v) is 23.3. The largest absolute Gasteiger partial charge is 0.463 e. The summed E-state index contributed by atoms with van der Waals surface area (Å²) in [7, 11) is 0. The summed E-state index contributed by atoms with van der Waals surface area (Å²) in [5.41, 5.74) is 0. The summed E-state index contributed by atoms with van der Waals surface area (Å²) in [5, 5.41) is 19.6. The topological polar surface area (TPSA) is 93.1 Å². The molecule has 37 heavy (non-hydrogen) atoms. The molecular weight excluding hydrogens is 468 g/mol. The van der Waals surface area contributed by atoms with Crippen molar-refractivity contribution in [2.45, 2.75) is 122 Å². The van der Waals surface area contributed by atoms with Gasteiger partial charge in [-0.2, -0.15) is 0 Å². The van der Waals surface area contributed by atoms with Crippen molar-refractivity contribution in [3.8, 4) is 0 Å². The summed E-state index contributed by atoms with van der Waals surface area (Å²) in [4.78, 5) is 23.4.